The first-order chi connectivity index (χ1) is 70.2. The average molecular weight is 1990 g/mol. The van der Waals surface area contributed by atoms with Crippen LogP contribution in [0.4, 0.5) is 38.5 Å². The highest BCUT2D eigenvalue weighted by atomic mass is 19.1. The van der Waals surface area contributed by atoms with E-state index in [9.17, 15) is 39.5 Å². The van der Waals surface area contributed by atoms with E-state index in [4.69, 9.17) is 47.6 Å². The number of methoxy groups -OCH3 is 4. The maximum absolute atomic E-state index is 14.1. The summed E-state index contributed by atoms with van der Waals surface area (Å²) in [5, 5.41) is 107. The van der Waals surface area contributed by atoms with E-state index >= 15 is 0 Å². The number of hydrogen-bond acceptors (Lipinski definition) is 39. The van der Waals surface area contributed by atoms with E-state index in [0.717, 1.165) is 51.5 Å². The van der Waals surface area contributed by atoms with Crippen molar-refractivity contribution in [2.75, 3.05) is 57.1 Å². The zero-order valence-electron chi connectivity index (χ0n) is 81.7. The average Bonchev–Trinajstić information content (AvgIpc) is 1.77. The molecule has 16 N–H and O–H groups in total. The zero-order valence-corrected chi connectivity index (χ0v) is 81.7. The summed E-state index contributed by atoms with van der Waals surface area (Å²) in [5.41, 5.74) is 37.8. The number of hydrogen-bond donors (Lipinski definition) is 11. The standard InChI is InChI=1S/C21H21N7O2.C20H20FN7O2.C20H22N7O3.C20H21N7O2.C19H18FN7O/c1-30-16-7-3-6-14-18(24-20(22)25-19(14)16)15-12-28(27-26-15)11-13-5-2-8-17(23-13)21(29)9-4-10-21;1-20(2,29)15-6-4-5-11(23-15)9-28-10-14(26-27-28)16-12-7-8-13(21)18(30-3)17(12)25-19(22)24-16;1-20(2,28)16-9-4-6-12(27(16)29)10-26-11-14(24-25-26)17-13-7-5-8-15(30-3)18(13)23-19(21)22-17;1-20(2,28)16-9-4-6-12(22-16)10-27-11-14(25-26-27)17-13-7-5-8-15(29-3)18(13)24-19(21)23-17;1-19(2,28)15-8-3-5-11(22-15)9-27-10-14(25-26-27)17-12-6-4-7-13(20)16(12)23-18(21)24-17/h2-3,5-8,12,29H,4,9-11H2,1H3,(H2,22,24,25);4-8,10,29H,9H2,1-3H3,(H2,22,24,25);4-9,11,28-29H,10H2,1-3H3,(H2,21,22,23);4-9,11,28H,10H2,1-3H3,(H2,21,23,24);3-8,10,28H,9H2,1-2H3,(H2,21,23,24)/q;;+1;;. The second-order valence-electron chi connectivity index (χ2n) is 36.2. The molecule has 0 spiro atoms. The lowest BCUT2D eigenvalue weighted by Crippen LogP contribution is -2.45. The second-order valence-corrected chi connectivity index (χ2v) is 36.2. The van der Waals surface area contributed by atoms with Gasteiger partial charge in [-0.3, -0.25) is 25.1 Å². The Hall–Kier alpha value is -18.1. The highest BCUT2D eigenvalue weighted by Gasteiger charge is 2.38. The number of nitrogens with zero attached hydrogens (tertiary/aromatic N) is 30. The van der Waals surface area contributed by atoms with E-state index in [1.165, 1.54) is 19.2 Å². The molecule has 21 rings (SSSR count). The van der Waals surface area contributed by atoms with Gasteiger partial charge in [0.25, 0.3) is 11.4 Å². The normalized spacial score (nSPS) is 12.5. The van der Waals surface area contributed by atoms with E-state index in [-0.39, 0.29) is 53.1 Å². The summed E-state index contributed by atoms with van der Waals surface area (Å²) in [6.07, 6.45) is 11.2. The molecule has 750 valence electrons. The number of benzene rings is 5. The highest BCUT2D eigenvalue weighted by Crippen LogP contribution is 2.42. The van der Waals surface area contributed by atoms with Crippen molar-refractivity contribution in [3.63, 3.8) is 0 Å². The Kier molecular flexibility index (Phi) is 28.3. The number of rotatable bonds is 24. The fraction of sp³-hybridized carbons (Fsp3) is 0.250. The van der Waals surface area contributed by atoms with Crippen LogP contribution in [-0.2, 0) is 60.7 Å². The van der Waals surface area contributed by atoms with E-state index in [0.29, 0.717) is 173 Å². The van der Waals surface area contributed by atoms with Crippen molar-refractivity contribution in [2.45, 2.75) is 135 Å². The van der Waals surface area contributed by atoms with Crippen LogP contribution in [0.1, 0.15) is 132 Å². The largest absolute Gasteiger partial charge is 0.494 e. The van der Waals surface area contributed by atoms with Gasteiger partial charge in [-0.05, 0) is 166 Å². The zero-order chi connectivity index (χ0) is 104. The van der Waals surface area contributed by atoms with Crippen molar-refractivity contribution in [1.29, 1.82) is 0 Å². The van der Waals surface area contributed by atoms with Gasteiger partial charge in [-0.1, -0.05) is 98.9 Å². The molecule has 1 aliphatic rings. The molecule has 0 aliphatic heterocycles. The Morgan fingerprint density at radius 3 is 0.966 bits per heavy atom. The lowest BCUT2D eigenvalue weighted by Gasteiger charge is -2.36. The smallest absolute Gasteiger partial charge is 0.265 e. The quantitative estimate of drug-likeness (QED) is 0.0198. The van der Waals surface area contributed by atoms with Crippen LogP contribution in [0, 0.1) is 11.6 Å². The molecule has 20 aromatic rings. The molecule has 0 atom stereocenters. The Balaban J connectivity index is 0.000000126. The predicted molar refractivity (Wildman–Crippen MR) is 536 cm³/mol. The van der Waals surface area contributed by atoms with Crippen LogP contribution in [0.2, 0.25) is 0 Å². The van der Waals surface area contributed by atoms with Crippen molar-refractivity contribution in [1.82, 2.24) is 145 Å². The van der Waals surface area contributed by atoms with E-state index in [2.05, 4.69) is 121 Å². The molecule has 0 radical (unpaired) electrons. The first kappa shape index (κ1) is 100. The van der Waals surface area contributed by atoms with Gasteiger partial charge in [0, 0.05) is 43.8 Å². The summed E-state index contributed by atoms with van der Waals surface area (Å²) < 4.78 is 58.5. The number of nitrogen functional groups attached to an aromatic ring is 5. The van der Waals surface area contributed by atoms with Crippen LogP contribution >= 0.6 is 0 Å². The van der Waals surface area contributed by atoms with E-state index in [1.807, 2.05) is 103 Å². The molecule has 15 aromatic heterocycles. The first-order valence-corrected chi connectivity index (χ1v) is 45.8. The predicted octanol–water partition coefficient (Wildman–Crippen LogP) is 10.3. The van der Waals surface area contributed by atoms with E-state index < -0.39 is 39.6 Å². The summed E-state index contributed by atoms with van der Waals surface area (Å²) in [5.74, 6) is 1.07. The second kappa shape index (κ2) is 41.5. The Bertz CT molecular complexity index is 8260. The molecule has 15 heterocycles. The molecular weight excluding hydrogens is 1890 g/mol. The molecule has 147 heavy (non-hydrogen) atoms. The summed E-state index contributed by atoms with van der Waals surface area (Å²) in [4.78, 5) is 60.6. The number of aliphatic hydroxyl groups is 5. The molecule has 5 aromatic carbocycles. The summed E-state index contributed by atoms with van der Waals surface area (Å²) >= 11 is 0. The molecule has 45 nitrogen and oxygen atoms in total. The van der Waals surface area contributed by atoms with Gasteiger partial charge in [0.05, 0.1) is 131 Å². The van der Waals surface area contributed by atoms with Gasteiger partial charge in [-0.2, -0.15) is 0 Å². The molecule has 1 aliphatic carbocycles. The fourth-order valence-electron chi connectivity index (χ4n) is 16.1. The Morgan fingerprint density at radius 2 is 0.633 bits per heavy atom. The number of para-hydroxylation sites is 4. The number of anilines is 5. The van der Waals surface area contributed by atoms with Crippen LogP contribution in [-0.4, -0.2) is 204 Å². The molecule has 1 saturated carbocycles. The minimum Gasteiger partial charge on any atom is -0.494 e. The van der Waals surface area contributed by atoms with Crippen LogP contribution < -0.4 is 52.3 Å². The first-order valence-electron chi connectivity index (χ1n) is 45.8. The van der Waals surface area contributed by atoms with Gasteiger partial charge >= 0.3 is 0 Å². The summed E-state index contributed by atoms with van der Waals surface area (Å²) in [6.45, 7) is 15.1. The van der Waals surface area contributed by atoms with Crippen molar-refractivity contribution >= 4 is 84.3 Å². The summed E-state index contributed by atoms with van der Waals surface area (Å²) in [6, 6.07) is 51.3. The van der Waals surface area contributed by atoms with Gasteiger partial charge in [0.2, 0.25) is 29.7 Å². The number of fused-ring (bicyclic) bond motifs is 5. The fourth-order valence-corrected chi connectivity index (χ4v) is 16.1. The minimum atomic E-state index is -1.20. The monoisotopic (exact) mass is 1990 g/mol. The maximum Gasteiger partial charge on any atom is 0.265 e. The van der Waals surface area contributed by atoms with Crippen molar-refractivity contribution in [2.24, 2.45) is 0 Å². The number of pyridine rings is 5. The van der Waals surface area contributed by atoms with Crippen molar-refractivity contribution in [3.05, 3.63) is 275 Å². The van der Waals surface area contributed by atoms with Crippen LogP contribution in [0.5, 0.6) is 23.0 Å². The molecule has 0 bridgehead atoms. The third kappa shape index (κ3) is 22.5. The SMILES string of the molecule is CC(C)(O)c1cccc(Cn2cc(-c3nc(N)nc4c(F)cccc34)nn2)n1.COc1c(F)ccc2c(-c3cn(Cc4cccc(C(C)(C)O)n4)nn3)nc(N)nc12.COc1cccc2c(-c3cn(Cc4cccc(C(C)(C)O)[n+]4O)nn3)nc(N)nc12.COc1cccc2c(-c3cn(Cc4cccc(C(C)(C)O)n4)nn3)nc(N)nc12.COc1cccc2c(-c3cn(Cc4cccc(C5(O)CCC5)n4)nn3)nc(N)nc12. The summed E-state index contributed by atoms with van der Waals surface area (Å²) in [7, 11) is 6.10. The lowest BCUT2D eigenvalue weighted by molar-refractivity contribution is -0.917. The van der Waals surface area contributed by atoms with Gasteiger partial charge in [0.1, 0.15) is 142 Å². The van der Waals surface area contributed by atoms with Crippen LogP contribution in [0.3, 0.4) is 0 Å². The molecular formula is C100H102F2N35O10+. The molecule has 47 heteroatoms. The van der Waals surface area contributed by atoms with Gasteiger partial charge < -0.3 is 73.1 Å². The number of aromatic nitrogens is 30. The maximum atomic E-state index is 14.1. The molecule has 0 unspecified atom stereocenters. The van der Waals surface area contributed by atoms with E-state index in [1.54, 1.807) is 192 Å². The van der Waals surface area contributed by atoms with Crippen molar-refractivity contribution < 1.29 is 63.2 Å². The Labute approximate surface area is 835 Å². The van der Waals surface area contributed by atoms with Gasteiger partial charge in [-0.15, -0.1) is 25.5 Å². The number of ether oxygens (including phenoxy) is 4. The van der Waals surface area contributed by atoms with Gasteiger partial charge in [0.15, 0.2) is 11.6 Å². The highest BCUT2D eigenvalue weighted by molar-refractivity contribution is 5.99. The third-order valence-corrected chi connectivity index (χ3v) is 23.4. The molecule has 0 saturated heterocycles. The van der Waals surface area contributed by atoms with Crippen LogP contribution in [0.15, 0.2) is 207 Å². The van der Waals surface area contributed by atoms with Crippen LogP contribution in [0.25, 0.3) is 111 Å². The topological polar surface area (TPSA) is 626 Å². The lowest BCUT2D eigenvalue weighted by atomic mass is 9.77. The van der Waals surface area contributed by atoms with Crippen molar-refractivity contribution in [3.8, 4) is 79.9 Å². The third-order valence-electron chi connectivity index (χ3n) is 23.4. The molecule has 1 fully saturated rings. The number of halogens is 2. The van der Waals surface area contributed by atoms with Gasteiger partial charge in [-0.25, -0.2) is 82.0 Å². The number of nitrogens with two attached hydrogens (primary N) is 5. The molecule has 0 amide bonds. The minimum absolute atomic E-state index is 0.0112. The Morgan fingerprint density at radius 1 is 0.327 bits per heavy atom.